The lowest BCUT2D eigenvalue weighted by molar-refractivity contribution is 0.102. The second-order valence-electron chi connectivity index (χ2n) is 3.49. The van der Waals surface area contributed by atoms with Crippen molar-refractivity contribution in [3.05, 3.63) is 61.4 Å². The number of carbonyl (C=O) groups excluding carboxylic acids is 1. The molecule has 0 aliphatic rings. The van der Waals surface area contributed by atoms with Crippen LogP contribution in [0.1, 0.15) is 10.4 Å². The second-order valence-corrected chi connectivity index (χ2v) is 5.20. The Hall–Kier alpha value is -1.40. The molecule has 0 aliphatic heterocycles. The van der Waals surface area contributed by atoms with Gasteiger partial charge in [0.15, 0.2) is 0 Å². The summed E-state index contributed by atoms with van der Waals surface area (Å²) in [5, 5.41) is 2.76. The highest BCUT2D eigenvalue weighted by Gasteiger charge is 2.10. The Labute approximate surface area is 120 Å². The van der Waals surface area contributed by atoms with Gasteiger partial charge in [0, 0.05) is 21.2 Å². The third-order valence-electron chi connectivity index (χ3n) is 2.25. The molecule has 0 aliphatic carbocycles. The molecule has 0 radical (unpaired) electrons. The predicted molar refractivity (Wildman–Crippen MR) is 76.9 cm³/mol. The Morgan fingerprint density at radius 3 is 2.33 bits per heavy atom. The van der Waals surface area contributed by atoms with E-state index in [0.717, 1.165) is 8.95 Å². The SMILES string of the molecule is O=C(Nc1c(Br)cccc1Br)c1ccc(=O)[nH]c1. The van der Waals surface area contributed by atoms with Crippen LogP contribution in [0, 0.1) is 0 Å². The Bertz CT molecular complexity index is 612. The minimum absolute atomic E-state index is 0.242. The van der Waals surface area contributed by atoms with Gasteiger partial charge in [-0.15, -0.1) is 0 Å². The Morgan fingerprint density at radius 1 is 1.11 bits per heavy atom. The number of rotatable bonds is 2. The molecule has 18 heavy (non-hydrogen) atoms. The molecule has 1 heterocycles. The lowest BCUT2D eigenvalue weighted by Gasteiger charge is -2.09. The molecule has 1 aromatic heterocycles. The van der Waals surface area contributed by atoms with Crippen LogP contribution in [0.5, 0.6) is 0 Å². The molecule has 0 unspecified atom stereocenters. The molecule has 0 saturated heterocycles. The Kier molecular flexibility index (Phi) is 3.98. The van der Waals surface area contributed by atoms with Gasteiger partial charge in [0.05, 0.1) is 11.3 Å². The molecule has 4 nitrogen and oxygen atoms in total. The van der Waals surface area contributed by atoms with E-state index in [1.807, 2.05) is 18.2 Å². The van der Waals surface area contributed by atoms with Crippen molar-refractivity contribution in [1.82, 2.24) is 4.98 Å². The average molecular weight is 372 g/mol. The normalized spacial score (nSPS) is 10.1. The lowest BCUT2D eigenvalue weighted by Crippen LogP contribution is -2.15. The lowest BCUT2D eigenvalue weighted by atomic mass is 10.2. The zero-order chi connectivity index (χ0) is 13.1. The fourth-order valence-corrected chi connectivity index (χ4v) is 2.55. The average Bonchev–Trinajstić information content (AvgIpc) is 2.34. The minimum atomic E-state index is -0.293. The standard InChI is InChI=1S/C12H8Br2N2O2/c13-8-2-1-3-9(14)11(8)16-12(18)7-4-5-10(17)15-6-7/h1-6H,(H,15,17)(H,16,18). The second kappa shape index (κ2) is 5.49. The van der Waals surface area contributed by atoms with Crippen molar-refractivity contribution in [3.8, 4) is 0 Å². The van der Waals surface area contributed by atoms with Gasteiger partial charge in [-0.05, 0) is 50.1 Å². The number of amides is 1. The number of carbonyl (C=O) groups is 1. The first kappa shape index (κ1) is 13.0. The van der Waals surface area contributed by atoms with Crippen LogP contribution in [-0.2, 0) is 0 Å². The summed E-state index contributed by atoms with van der Waals surface area (Å²) in [5.41, 5.74) is 0.791. The quantitative estimate of drug-likeness (QED) is 0.851. The largest absolute Gasteiger partial charge is 0.328 e. The van der Waals surface area contributed by atoms with Crippen LogP contribution >= 0.6 is 31.9 Å². The van der Waals surface area contributed by atoms with E-state index in [-0.39, 0.29) is 11.5 Å². The number of H-pyrrole nitrogens is 1. The molecule has 1 aromatic carbocycles. The van der Waals surface area contributed by atoms with Crippen molar-refractivity contribution in [2.45, 2.75) is 0 Å². The van der Waals surface area contributed by atoms with Gasteiger partial charge in [0.1, 0.15) is 0 Å². The van der Waals surface area contributed by atoms with Crippen molar-refractivity contribution in [2.24, 2.45) is 0 Å². The van der Waals surface area contributed by atoms with Gasteiger partial charge in [-0.25, -0.2) is 0 Å². The topological polar surface area (TPSA) is 62.0 Å². The number of anilines is 1. The number of hydrogen-bond donors (Lipinski definition) is 2. The first-order valence-electron chi connectivity index (χ1n) is 5.02. The Morgan fingerprint density at radius 2 is 1.78 bits per heavy atom. The van der Waals surface area contributed by atoms with Gasteiger partial charge in [0.2, 0.25) is 5.56 Å². The van der Waals surface area contributed by atoms with Crippen LogP contribution in [0.3, 0.4) is 0 Å². The fourth-order valence-electron chi connectivity index (χ4n) is 1.35. The maximum Gasteiger partial charge on any atom is 0.257 e. The monoisotopic (exact) mass is 370 g/mol. The molecule has 0 bridgehead atoms. The van der Waals surface area contributed by atoms with Gasteiger partial charge < -0.3 is 10.3 Å². The van der Waals surface area contributed by atoms with E-state index in [1.165, 1.54) is 18.3 Å². The molecule has 2 rings (SSSR count). The van der Waals surface area contributed by atoms with Crippen molar-refractivity contribution in [2.75, 3.05) is 5.32 Å². The number of halogens is 2. The molecular formula is C12H8Br2N2O2. The van der Waals surface area contributed by atoms with Crippen molar-refractivity contribution in [1.29, 1.82) is 0 Å². The van der Waals surface area contributed by atoms with E-state index in [1.54, 1.807) is 0 Å². The summed E-state index contributed by atoms with van der Waals surface area (Å²) in [4.78, 5) is 25.3. The van der Waals surface area contributed by atoms with Gasteiger partial charge in [0.25, 0.3) is 5.91 Å². The number of para-hydroxylation sites is 1. The van der Waals surface area contributed by atoms with Crippen LogP contribution in [0.2, 0.25) is 0 Å². The third-order valence-corrected chi connectivity index (χ3v) is 3.57. The van der Waals surface area contributed by atoms with Gasteiger partial charge in [-0.3, -0.25) is 9.59 Å². The Balaban J connectivity index is 2.27. The zero-order valence-corrected chi connectivity index (χ0v) is 12.2. The van der Waals surface area contributed by atoms with Gasteiger partial charge in [-0.1, -0.05) is 6.07 Å². The summed E-state index contributed by atoms with van der Waals surface area (Å²) >= 11 is 6.71. The molecule has 2 N–H and O–H groups in total. The van der Waals surface area contributed by atoms with Crippen LogP contribution < -0.4 is 10.9 Å². The van der Waals surface area contributed by atoms with Crippen LogP contribution in [-0.4, -0.2) is 10.9 Å². The smallest absolute Gasteiger partial charge is 0.257 e. The van der Waals surface area contributed by atoms with Crippen molar-refractivity contribution in [3.63, 3.8) is 0 Å². The van der Waals surface area contributed by atoms with Crippen molar-refractivity contribution >= 4 is 43.5 Å². The van der Waals surface area contributed by atoms with Crippen LogP contribution in [0.25, 0.3) is 0 Å². The summed E-state index contributed by atoms with van der Waals surface area (Å²) in [7, 11) is 0. The molecule has 0 fully saturated rings. The summed E-state index contributed by atoms with van der Waals surface area (Å²) in [6.45, 7) is 0. The van der Waals surface area contributed by atoms with Crippen LogP contribution in [0.4, 0.5) is 5.69 Å². The van der Waals surface area contributed by atoms with E-state index in [2.05, 4.69) is 42.2 Å². The summed E-state index contributed by atoms with van der Waals surface area (Å²) in [6, 6.07) is 8.28. The van der Waals surface area contributed by atoms with E-state index in [4.69, 9.17) is 0 Å². The number of pyridine rings is 1. The summed E-state index contributed by atoms with van der Waals surface area (Å²) in [6.07, 6.45) is 1.38. The first-order valence-corrected chi connectivity index (χ1v) is 6.60. The summed E-state index contributed by atoms with van der Waals surface area (Å²) < 4.78 is 1.55. The molecule has 0 atom stereocenters. The molecule has 0 spiro atoms. The maximum atomic E-state index is 12.0. The van der Waals surface area contributed by atoms with Gasteiger partial charge in [-0.2, -0.15) is 0 Å². The molecule has 92 valence electrons. The highest BCUT2D eigenvalue weighted by Crippen LogP contribution is 2.30. The van der Waals surface area contributed by atoms with E-state index >= 15 is 0 Å². The molecule has 1 amide bonds. The fraction of sp³-hybridized carbons (Fsp3) is 0. The molecule has 0 saturated carbocycles. The highest BCUT2D eigenvalue weighted by atomic mass is 79.9. The highest BCUT2D eigenvalue weighted by molar-refractivity contribution is 9.11. The van der Waals surface area contributed by atoms with E-state index < -0.39 is 0 Å². The summed E-state index contributed by atoms with van der Waals surface area (Å²) in [5.74, 6) is -0.293. The minimum Gasteiger partial charge on any atom is -0.328 e. The molecule has 6 heteroatoms. The maximum absolute atomic E-state index is 12.0. The van der Waals surface area contributed by atoms with Crippen LogP contribution in [0.15, 0.2) is 50.3 Å². The first-order chi connectivity index (χ1) is 8.58. The zero-order valence-electron chi connectivity index (χ0n) is 9.04. The number of aromatic nitrogens is 1. The number of nitrogens with one attached hydrogen (secondary N) is 2. The third kappa shape index (κ3) is 2.88. The number of aromatic amines is 1. The van der Waals surface area contributed by atoms with Gasteiger partial charge >= 0.3 is 0 Å². The van der Waals surface area contributed by atoms with E-state index in [0.29, 0.717) is 11.3 Å². The predicted octanol–water partition coefficient (Wildman–Crippen LogP) is 3.15. The number of hydrogen-bond acceptors (Lipinski definition) is 2. The van der Waals surface area contributed by atoms with Crippen molar-refractivity contribution < 1.29 is 4.79 Å². The number of benzene rings is 1. The molecular weight excluding hydrogens is 364 g/mol. The molecule has 2 aromatic rings. The van der Waals surface area contributed by atoms with E-state index in [9.17, 15) is 9.59 Å².